The van der Waals surface area contributed by atoms with Gasteiger partial charge in [0.1, 0.15) is 0 Å². The van der Waals surface area contributed by atoms with Crippen molar-refractivity contribution in [3.63, 3.8) is 0 Å². The first-order chi connectivity index (χ1) is 5.72. The van der Waals surface area contributed by atoms with E-state index in [0.717, 1.165) is 12.1 Å². The monoisotopic (exact) mass is 166 g/mol. The predicted molar refractivity (Wildman–Crippen MR) is 46.5 cm³/mol. The molecule has 0 fully saturated rings. The molecule has 1 N–H and O–H groups in total. The van der Waals surface area contributed by atoms with Crippen molar-refractivity contribution in [2.45, 2.75) is 26.9 Å². The molecule has 1 aromatic rings. The molecule has 0 unspecified atom stereocenters. The molecule has 1 heterocycles. The number of nitrogens with zero attached hydrogens (tertiary/aromatic N) is 2. The number of rotatable bonds is 3. The lowest BCUT2D eigenvalue weighted by Gasteiger charge is -2.03. The molecule has 3 nitrogen and oxygen atoms in total. The third-order valence-electron chi connectivity index (χ3n) is 1.54. The highest BCUT2D eigenvalue weighted by atomic mass is 16.3. The highest BCUT2D eigenvalue weighted by Crippen LogP contribution is 2.03. The van der Waals surface area contributed by atoms with Gasteiger partial charge in [0.05, 0.1) is 24.2 Å². The third-order valence-corrected chi connectivity index (χ3v) is 1.54. The van der Waals surface area contributed by atoms with Crippen molar-refractivity contribution in [3.8, 4) is 0 Å². The molecule has 0 aliphatic carbocycles. The summed E-state index contributed by atoms with van der Waals surface area (Å²) in [6, 6.07) is 0. The molecule has 12 heavy (non-hydrogen) atoms. The van der Waals surface area contributed by atoms with E-state index in [4.69, 9.17) is 5.11 Å². The quantitative estimate of drug-likeness (QED) is 0.733. The van der Waals surface area contributed by atoms with Crippen LogP contribution in [0.2, 0.25) is 0 Å². The zero-order valence-corrected chi connectivity index (χ0v) is 7.49. The van der Waals surface area contributed by atoms with Crippen LogP contribution in [-0.4, -0.2) is 15.1 Å². The van der Waals surface area contributed by atoms with Gasteiger partial charge in [0.25, 0.3) is 0 Å². The van der Waals surface area contributed by atoms with Gasteiger partial charge in [-0.1, -0.05) is 13.8 Å². The summed E-state index contributed by atoms with van der Waals surface area (Å²) in [7, 11) is 0. The number of hydrogen-bond acceptors (Lipinski definition) is 3. The van der Waals surface area contributed by atoms with Crippen molar-refractivity contribution in [1.29, 1.82) is 0 Å². The molecule has 3 heteroatoms. The van der Waals surface area contributed by atoms with Crippen LogP contribution in [0.1, 0.15) is 25.2 Å². The van der Waals surface area contributed by atoms with Crippen LogP contribution in [0.15, 0.2) is 12.4 Å². The number of hydrogen-bond donors (Lipinski definition) is 1. The molecule has 1 rings (SSSR count). The summed E-state index contributed by atoms with van der Waals surface area (Å²) in [5, 5.41) is 8.71. The molecule has 1 aromatic heterocycles. The molecule has 0 bridgehead atoms. The van der Waals surface area contributed by atoms with Gasteiger partial charge in [-0.15, -0.1) is 0 Å². The van der Waals surface area contributed by atoms with Crippen LogP contribution < -0.4 is 0 Å². The van der Waals surface area contributed by atoms with Gasteiger partial charge in [-0.25, -0.2) is 0 Å². The largest absolute Gasteiger partial charge is 0.390 e. The van der Waals surface area contributed by atoms with E-state index in [9.17, 15) is 0 Å². The first-order valence-electron chi connectivity index (χ1n) is 4.13. The first-order valence-corrected chi connectivity index (χ1v) is 4.13. The molecule has 0 saturated carbocycles. The van der Waals surface area contributed by atoms with Crippen molar-refractivity contribution >= 4 is 0 Å². The van der Waals surface area contributed by atoms with Crippen LogP contribution in [-0.2, 0) is 13.0 Å². The van der Waals surface area contributed by atoms with Crippen LogP contribution in [0.4, 0.5) is 0 Å². The molecule has 0 radical (unpaired) electrons. The maximum atomic E-state index is 8.71. The van der Waals surface area contributed by atoms with Gasteiger partial charge in [0, 0.05) is 6.20 Å². The molecule has 0 aliphatic rings. The van der Waals surface area contributed by atoms with E-state index in [-0.39, 0.29) is 6.61 Å². The molecule has 0 spiro atoms. The van der Waals surface area contributed by atoms with E-state index < -0.39 is 0 Å². The van der Waals surface area contributed by atoms with Gasteiger partial charge in [-0.3, -0.25) is 9.97 Å². The van der Waals surface area contributed by atoms with E-state index >= 15 is 0 Å². The Hall–Kier alpha value is -0.960. The van der Waals surface area contributed by atoms with Gasteiger partial charge in [0.15, 0.2) is 0 Å². The lowest BCUT2D eigenvalue weighted by Crippen LogP contribution is -1.99. The molecular weight excluding hydrogens is 152 g/mol. The minimum absolute atomic E-state index is 0.0328. The Morgan fingerprint density at radius 2 is 1.83 bits per heavy atom. The van der Waals surface area contributed by atoms with Crippen molar-refractivity contribution < 1.29 is 5.11 Å². The van der Waals surface area contributed by atoms with E-state index in [1.54, 1.807) is 12.4 Å². The van der Waals surface area contributed by atoms with Gasteiger partial charge in [0.2, 0.25) is 0 Å². The molecule has 0 aromatic carbocycles. The highest BCUT2D eigenvalue weighted by Gasteiger charge is 1.99. The highest BCUT2D eigenvalue weighted by molar-refractivity contribution is 5.01. The Labute approximate surface area is 72.5 Å². The van der Waals surface area contributed by atoms with Crippen molar-refractivity contribution in [2.75, 3.05) is 0 Å². The average Bonchev–Trinajstić information content (AvgIpc) is 2.05. The van der Waals surface area contributed by atoms with Crippen LogP contribution >= 0.6 is 0 Å². The van der Waals surface area contributed by atoms with Crippen LogP contribution in [0, 0.1) is 5.92 Å². The second-order valence-electron chi connectivity index (χ2n) is 3.26. The standard InChI is InChI=1S/C9H14N2O/c1-7(2)3-8-4-11-9(6-12)5-10-8/h4-5,7,12H,3,6H2,1-2H3. The van der Waals surface area contributed by atoms with Crippen LogP contribution in [0.3, 0.4) is 0 Å². The average molecular weight is 166 g/mol. The maximum absolute atomic E-state index is 8.71. The number of aliphatic hydroxyl groups is 1. The Morgan fingerprint density at radius 1 is 1.25 bits per heavy atom. The summed E-state index contributed by atoms with van der Waals surface area (Å²) >= 11 is 0. The summed E-state index contributed by atoms with van der Waals surface area (Å²) in [6.45, 7) is 4.25. The molecule has 0 atom stereocenters. The lowest BCUT2D eigenvalue weighted by molar-refractivity contribution is 0.276. The van der Waals surface area contributed by atoms with Crippen molar-refractivity contribution in [1.82, 2.24) is 9.97 Å². The van der Waals surface area contributed by atoms with Crippen LogP contribution in [0.25, 0.3) is 0 Å². The molecular formula is C9H14N2O. The summed E-state index contributed by atoms with van der Waals surface area (Å²) in [4.78, 5) is 8.20. The van der Waals surface area contributed by atoms with E-state index in [0.29, 0.717) is 11.6 Å². The lowest BCUT2D eigenvalue weighted by atomic mass is 10.1. The van der Waals surface area contributed by atoms with Crippen LogP contribution in [0.5, 0.6) is 0 Å². The maximum Gasteiger partial charge on any atom is 0.0868 e. The molecule has 0 amide bonds. The fraction of sp³-hybridized carbons (Fsp3) is 0.556. The zero-order chi connectivity index (χ0) is 8.97. The van der Waals surface area contributed by atoms with Gasteiger partial charge >= 0.3 is 0 Å². The summed E-state index contributed by atoms with van der Waals surface area (Å²) in [5.41, 5.74) is 1.62. The Morgan fingerprint density at radius 3 is 2.25 bits per heavy atom. The summed E-state index contributed by atoms with van der Waals surface area (Å²) < 4.78 is 0. The summed E-state index contributed by atoms with van der Waals surface area (Å²) in [6.07, 6.45) is 4.29. The van der Waals surface area contributed by atoms with E-state index in [1.807, 2.05) is 0 Å². The first kappa shape index (κ1) is 9.13. The van der Waals surface area contributed by atoms with Crippen molar-refractivity contribution in [3.05, 3.63) is 23.8 Å². The van der Waals surface area contributed by atoms with Gasteiger partial charge < -0.3 is 5.11 Å². The fourth-order valence-corrected chi connectivity index (χ4v) is 0.987. The Kier molecular flexibility index (Phi) is 3.17. The molecule has 0 aliphatic heterocycles. The molecule has 66 valence electrons. The van der Waals surface area contributed by atoms with E-state index in [2.05, 4.69) is 23.8 Å². The Balaban J connectivity index is 2.65. The van der Waals surface area contributed by atoms with Gasteiger partial charge in [-0.05, 0) is 12.3 Å². The third kappa shape index (κ3) is 2.58. The minimum atomic E-state index is -0.0328. The topological polar surface area (TPSA) is 46.0 Å². The zero-order valence-electron chi connectivity index (χ0n) is 7.49. The SMILES string of the molecule is CC(C)Cc1cnc(CO)cn1. The Bertz CT molecular complexity index is 231. The van der Waals surface area contributed by atoms with Crippen molar-refractivity contribution in [2.24, 2.45) is 5.92 Å². The minimum Gasteiger partial charge on any atom is -0.390 e. The fourth-order valence-electron chi connectivity index (χ4n) is 0.987. The summed E-state index contributed by atoms with van der Waals surface area (Å²) in [5.74, 6) is 0.597. The number of aromatic nitrogens is 2. The van der Waals surface area contributed by atoms with E-state index in [1.165, 1.54) is 0 Å². The second kappa shape index (κ2) is 4.16. The smallest absolute Gasteiger partial charge is 0.0868 e. The molecule has 0 saturated heterocycles. The second-order valence-corrected chi connectivity index (χ2v) is 3.26. The normalized spacial score (nSPS) is 10.7. The van der Waals surface area contributed by atoms with Gasteiger partial charge in [-0.2, -0.15) is 0 Å². The predicted octanol–water partition coefficient (Wildman–Crippen LogP) is 1.17. The number of aliphatic hydroxyl groups excluding tert-OH is 1.